The fourth-order valence-corrected chi connectivity index (χ4v) is 2.63. The number of halogens is 2. The molecule has 128 valence electrons. The Kier molecular flexibility index (Phi) is 6.04. The Morgan fingerprint density at radius 3 is 2.21 bits per heavy atom. The van der Waals surface area contributed by atoms with Crippen LogP contribution in [-0.4, -0.2) is 17.1 Å². The van der Waals surface area contributed by atoms with E-state index in [2.05, 4.69) is 5.32 Å². The number of carbonyl (C=O) groups excluding carboxylic acids is 1. The van der Waals surface area contributed by atoms with Gasteiger partial charge in [0.1, 0.15) is 11.6 Å². The van der Waals surface area contributed by atoms with Crippen LogP contribution < -0.4 is 5.32 Å². The minimum absolute atomic E-state index is 0.245. The maximum atomic E-state index is 13.8. The monoisotopic (exact) mass is 333 g/mol. The molecule has 2 rings (SSSR count). The molecule has 3 nitrogen and oxygen atoms in total. The number of hydrogen-bond acceptors (Lipinski definition) is 2. The first kappa shape index (κ1) is 18.1. The van der Waals surface area contributed by atoms with Crippen LogP contribution in [0.15, 0.2) is 48.5 Å². The zero-order valence-electron chi connectivity index (χ0n) is 13.7. The normalized spacial score (nSPS) is 14.7. The van der Waals surface area contributed by atoms with Gasteiger partial charge in [-0.3, -0.25) is 4.79 Å². The van der Waals surface area contributed by atoms with Crippen molar-refractivity contribution < 1.29 is 18.7 Å². The number of aliphatic hydroxyl groups excluding tert-OH is 1. The molecule has 0 fully saturated rings. The van der Waals surface area contributed by atoms with E-state index in [1.807, 2.05) is 18.2 Å². The molecule has 2 N–H and O–H groups in total. The molecule has 2 aromatic carbocycles. The van der Waals surface area contributed by atoms with E-state index >= 15 is 0 Å². The predicted molar refractivity (Wildman–Crippen MR) is 88.4 cm³/mol. The van der Waals surface area contributed by atoms with Crippen LogP contribution in [0, 0.1) is 11.6 Å². The number of aliphatic hydroxyl groups is 1. The average Bonchev–Trinajstić information content (AvgIpc) is 2.55. The largest absolute Gasteiger partial charge is 0.388 e. The fraction of sp³-hybridized carbons (Fsp3) is 0.316. The minimum Gasteiger partial charge on any atom is -0.388 e. The van der Waals surface area contributed by atoms with Crippen molar-refractivity contribution in [3.05, 3.63) is 71.3 Å². The molecule has 3 atom stereocenters. The van der Waals surface area contributed by atoms with Crippen molar-refractivity contribution in [2.24, 2.45) is 0 Å². The molecule has 0 spiro atoms. The van der Waals surface area contributed by atoms with Gasteiger partial charge in [-0.05, 0) is 38.0 Å². The quantitative estimate of drug-likeness (QED) is 0.847. The highest BCUT2D eigenvalue weighted by Gasteiger charge is 2.24. The average molecular weight is 333 g/mol. The molecule has 1 amide bonds. The zero-order chi connectivity index (χ0) is 17.7. The van der Waals surface area contributed by atoms with Crippen LogP contribution in [0.2, 0.25) is 0 Å². The van der Waals surface area contributed by atoms with Gasteiger partial charge in [0.15, 0.2) is 0 Å². The van der Waals surface area contributed by atoms with E-state index in [1.165, 1.54) is 13.0 Å². The summed E-state index contributed by atoms with van der Waals surface area (Å²) in [5.74, 6) is -2.92. The summed E-state index contributed by atoms with van der Waals surface area (Å²) in [4.78, 5) is 12.3. The lowest BCUT2D eigenvalue weighted by atomic mass is 9.97. The van der Waals surface area contributed by atoms with Crippen molar-refractivity contribution in [1.82, 2.24) is 5.32 Å². The van der Waals surface area contributed by atoms with E-state index in [1.54, 1.807) is 19.1 Å². The van der Waals surface area contributed by atoms with E-state index < -0.39 is 29.6 Å². The third-order valence-corrected chi connectivity index (χ3v) is 3.98. The lowest BCUT2D eigenvalue weighted by molar-refractivity contribution is -0.123. The Hall–Kier alpha value is -2.27. The molecule has 0 aliphatic heterocycles. The first-order chi connectivity index (χ1) is 11.4. The summed E-state index contributed by atoms with van der Waals surface area (Å²) in [6.07, 6.45) is -0.413. The smallest absolute Gasteiger partial charge is 0.227 e. The third-order valence-electron chi connectivity index (χ3n) is 3.98. The predicted octanol–water partition coefficient (Wildman–Crippen LogP) is 3.70. The van der Waals surface area contributed by atoms with Crippen molar-refractivity contribution >= 4 is 5.91 Å². The summed E-state index contributed by atoms with van der Waals surface area (Å²) in [6, 6.07) is 12.3. The molecule has 0 bridgehead atoms. The Balaban J connectivity index is 1.98. The SMILES string of the molecule is CC(CC(O)c1ccccc1)NC(=O)C(C)c1c(F)cccc1F. The minimum atomic E-state index is -0.956. The number of carbonyl (C=O) groups is 1. The van der Waals surface area contributed by atoms with E-state index in [9.17, 15) is 18.7 Å². The van der Waals surface area contributed by atoms with Gasteiger partial charge < -0.3 is 10.4 Å². The summed E-state index contributed by atoms with van der Waals surface area (Å²) in [5.41, 5.74) is 0.512. The molecule has 0 heterocycles. The summed E-state index contributed by atoms with van der Waals surface area (Å²) in [7, 11) is 0. The van der Waals surface area contributed by atoms with Crippen LogP contribution in [0.4, 0.5) is 8.78 Å². The standard InChI is InChI=1S/C19H21F2NO2/c1-12(11-17(23)14-7-4-3-5-8-14)22-19(24)13(2)18-15(20)9-6-10-16(18)21/h3-10,12-13,17,23H,11H2,1-2H3,(H,22,24). The van der Waals surface area contributed by atoms with Gasteiger partial charge in [-0.25, -0.2) is 8.78 Å². The van der Waals surface area contributed by atoms with Crippen LogP contribution in [0.3, 0.4) is 0 Å². The lowest BCUT2D eigenvalue weighted by Crippen LogP contribution is -2.37. The molecule has 0 radical (unpaired) electrons. The molecule has 3 unspecified atom stereocenters. The Morgan fingerprint density at radius 2 is 1.62 bits per heavy atom. The van der Waals surface area contributed by atoms with Gasteiger partial charge in [-0.2, -0.15) is 0 Å². The molecule has 0 aliphatic rings. The highest BCUT2D eigenvalue weighted by atomic mass is 19.1. The van der Waals surface area contributed by atoms with Crippen LogP contribution in [0.25, 0.3) is 0 Å². The number of amides is 1. The van der Waals surface area contributed by atoms with Gasteiger partial charge in [0.2, 0.25) is 5.91 Å². The van der Waals surface area contributed by atoms with Crippen LogP contribution in [-0.2, 0) is 4.79 Å². The van der Waals surface area contributed by atoms with Crippen molar-refractivity contribution in [2.75, 3.05) is 0 Å². The number of rotatable bonds is 6. The molecule has 0 saturated heterocycles. The van der Waals surface area contributed by atoms with Gasteiger partial charge in [0.05, 0.1) is 12.0 Å². The van der Waals surface area contributed by atoms with Gasteiger partial charge in [0.25, 0.3) is 0 Å². The summed E-state index contributed by atoms with van der Waals surface area (Å²) < 4.78 is 27.5. The number of nitrogens with one attached hydrogen (secondary N) is 1. The van der Waals surface area contributed by atoms with Crippen molar-refractivity contribution in [2.45, 2.75) is 38.3 Å². The van der Waals surface area contributed by atoms with Crippen LogP contribution in [0.1, 0.15) is 43.4 Å². The van der Waals surface area contributed by atoms with E-state index in [0.29, 0.717) is 6.42 Å². The Labute approximate surface area is 140 Å². The molecular weight excluding hydrogens is 312 g/mol. The highest BCUT2D eigenvalue weighted by Crippen LogP contribution is 2.23. The maximum absolute atomic E-state index is 13.8. The van der Waals surface area contributed by atoms with E-state index in [0.717, 1.165) is 17.7 Å². The first-order valence-corrected chi connectivity index (χ1v) is 7.87. The molecule has 2 aromatic rings. The van der Waals surface area contributed by atoms with Crippen molar-refractivity contribution in [3.63, 3.8) is 0 Å². The summed E-state index contributed by atoms with van der Waals surface area (Å²) in [5, 5.41) is 12.9. The summed E-state index contributed by atoms with van der Waals surface area (Å²) >= 11 is 0. The second-order valence-electron chi connectivity index (χ2n) is 5.93. The third kappa shape index (κ3) is 4.38. The van der Waals surface area contributed by atoms with E-state index in [4.69, 9.17) is 0 Å². The fourth-order valence-electron chi connectivity index (χ4n) is 2.63. The Morgan fingerprint density at radius 1 is 1.04 bits per heavy atom. The van der Waals surface area contributed by atoms with Gasteiger partial charge in [-0.1, -0.05) is 36.4 Å². The molecule has 0 saturated carbocycles. The second-order valence-corrected chi connectivity index (χ2v) is 5.93. The number of hydrogen-bond donors (Lipinski definition) is 2. The zero-order valence-corrected chi connectivity index (χ0v) is 13.7. The topological polar surface area (TPSA) is 49.3 Å². The van der Waals surface area contributed by atoms with Crippen LogP contribution >= 0.6 is 0 Å². The molecule has 0 aromatic heterocycles. The number of benzene rings is 2. The Bertz CT molecular complexity index is 671. The first-order valence-electron chi connectivity index (χ1n) is 7.87. The van der Waals surface area contributed by atoms with Gasteiger partial charge >= 0.3 is 0 Å². The molecular formula is C19H21F2NO2. The summed E-state index contributed by atoms with van der Waals surface area (Å²) in [6.45, 7) is 3.20. The van der Waals surface area contributed by atoms with Gasteiger partial charge in [-0.15, -0.1) is 0 Å². The second kappa shape index (κ2) is 8.02. The van der Waals surface area contributed by atoms with Crippen molar-refractivity contribution in [3.8, 4) is 0 Å². The molecule has 5 heteroatoms. The molecule has 24 heavy (non-hydrogen) atoms. The lowest BCUT2D eigenvalue weighted by Gasteiger charge is -2.21. The highest BCUT2D eigenvalue weighted by molar-refractivity contribution is 5.83. The maximum Gasteiger partial charge on any atom is 0.227 e. The van der Waals surface area contributed by atoms with Crippen molar-refractivity contribution in [1.29, 1.82) is 0 Å². The van der Waals surface area contributed by atoms with Gasteiger partial charge in [0, 0.05) is 11.6 Å². The van der Waals surface area contributed by atoms with Crippen LogP contribution in [0.5, 0.6) is 0 Å². The van der Waals surface area contributed by atoms with E-state index in [-0.39, 0.29) is 11.6 Å². The molecule has 0 aliphatic carbocycles.